The summed E-state index contributed by atoms with van der Waals surface area (Å²) in [5, 5.41) is 1.86. The van der Waals surface area contributed by atoms with Gasteiger partial charge in [-0.1, -0.05) is 6.07 Å². The molecule has 0 unspecified atom stereocenters. The van der Waals surface area contributed by atoms with Gasteiger partial charge in [0, 0.05) is 5.56 Å². The maximum absolute atomic E-state index is 12.2. The fourth-order valence-electron chi connectivity index (χ4n) is 1.89. The maximum atomic E-state index is 12.2. The minimum Gasteiger partial charge on any atom is -0.463 e. The van der Waals surface area contributed by atoms with Crippen molar-refractivity contribution in [3.8, 4) is 0 Å². The van der Waals surface area contributed by atoms with Gasteiger partial charge >= 0.3 is 5.97 Å². The van der Waals surface area contributed by atoms with Crippen molar-refractivity contribution in [2.24, 2.45) is 0 Å². The van der Waals surface area contributed by atoms with E-state index in [9.17, 15) is 9.59 Å². The Balaban J connectivity index is 2.02. The van der Waals surface area contributed by atoms with Crippen LogP contribution in [0.2, 0.25) is 0 Å². The van der Waals surface area contributed by atoms with E-state index in [0.29, 0.717) is 21.5 Å². The van der Waals surface area contributed by atoms with Gasteiger partial charge in [-0.05, 0) is 29.6 Å². The van der Waals surface area contributed by atoms with Gasteiger partial charge in [0.2, 0.25) is 11.6 Å². The molecular weight excluding hydrogens is 276 g/mol. The van der Waals surface area contributed by atoms with Crippen LogP contribution in [0.3, 0.4) is 0 Å². The summed E-state index contributed by atoms with van der Waals surface area (Å²) in [7, 11) is 1.29. The summed E-state index contributed by atoms with van der Waals surface area (Å²) in [6.45, 7) is 0. The third-order valence-electron chi connectivity index (χ3n) is 2.87. The zero-order chi connectivity index (χ0) is 14.1. The number of nitrogens with one attached hydrogen (secondary N) is 1. The molecule has 100 valence electrons. The standard InChI is InChI=1S/C14H10N2O3S/c1-19-14(18)13-15-9-5-4-8(7-10(9)16-13)12(17)11-3-2-6-20-11/h2-7H,1H3,(H,15,16). The average Bonchev–Trinajstić information content (AvgIpc) is 3.13. The van der Waals surface area contributed by atoms with E-state index in [-0.39, 0.29) is 11.6 Å². The number of methoxy groups -OCH3 is 1. The minimum absolute atomic E-state index is 0.0453. The number of hydrogen-bond acceptors (Lipinski definition) is 5. The van der Waals surface area contributed by atoms with E-state index in [1.54, 1.807) is 24.3 Å². The van der Waals surface area contributed by atoms with Crippen LogP contribution in [0.4, 0.5) is 0 Å². The number of ketones is 1. The highest BCUT2D eigenvalue weighted by atomic mass is 32.1. The van der Waals surface area contributed by atoms with Crippen LogP contribution in [0.5, 0.6) is 0 Å². The molecule has 0 amide bonds. The van der Waals surface area contributed by atoms with Crippen LogP contribution in [0, 0.1) is 0 Å². The van der Waals surface area contributed by atoms with Crippen LogP contribution in [0.15, 0.2) is 35.7 Å². The number of imidazole rings is 1. The summed E-state index contributed by atoms with van der Waals surface area (Å²) in [6, 6.07) is 8.72. The van der Waals surface area contributed by atoms with Crippen LogP contribution in [0.1, 0.15) is 25.9 Å². The van der Waals surface area contributed by atoms with E-state index in [2.05, 4.69) is 14.7 Å². The van der Waals surface area contributed by atoms with Gasteiger partial charge in [0.05, 0.1) is 23.0 Å². The lowest BCUT2D eigenvalue weighted by atomic mass is 10.1. The van der Waals surface area contributed by atoms with Gasteiger partial charge in [-0.25, -0.2) is 9.78 Å². The number of H-pyrrole nitrogens is 1. The molecule has 0 aliphatic carbocycles. The Labute approximate surface area is 118 Å². The second-order valence-corrected chi connectivity index (χ2v) is 5.06. The molecule has 0 saturated heterocycles. The molecule has 2 aromatic heterocycles. The number of hydrogen-bond donors (Lipinski definition) is 1. The van der Waals surface area contributed by atoms with Crippen molar-refractivity contribution in [3.05, 3.63) is 52.0 Å². The molecule has 20 heavy (non-hydrogen) atoms. The van der Waals surface area contributed by atoms with Crippen LogP contribution < -0.4 is 0 Å². The lowest BCUT2D eigenvalue weighted by Crippen LogP contribution is -2.02. The van der Waals surface area contributed by atoms with Gasteiger partial charge < -0.3 is 9.72 Å². The summed E-state index contributed by atoms with van der Waals surface area (Å²) in [4.78, 5) is 31.3. The average molecular weight is 286 g/mol. The second-order valence-electron chi connectivity index (χ2n) is 4.12. The lowest BCUT2D eigenvalue weighted by Gasteiger charge is -1.97. The quantitative estimate of drug-likeness (QED) is 0.593. The van der Waals surface area contributed by atoms with E-state index in [0.717, 1.165) is 0 Å². The van der Waals surface area contributed by atoms with Crippen LogP contribution >= 0.6 is 11.3 Å². The number of fused-ring (bicyclic) bond motifs is 1. The van der Waals surface area contributed by atoms with Gasteiger partial charge in [-0.3, -0.25) is 4.79 Å². The van der Waals surface area contributed by atoms with E-state index in [4.69, 9.17) is 0 Å². The van der Waals surface area contributed by atoms with E-state index >= 15 is 0 Å². The van der Waals surface area contributed by atoms with E-state index < -0.39 is 5.97 Å². The lowest BCUT2D eigenvalue weighted by molar-refractivity contribution is 0.0588. The molecule has 1 N–H and O–H groups in total. The normalized spacial score (nSPS) is 10.7. The minimum atomic E-state index is -0.535. The van der Waals surface area contributed by atoms with Gasteiger partial charge in [0.1, 0.15) is 0 Å². The van der Waals surface area contributed by atoms with Crippen LogP contribution in [-0.4, -0.2) is 28.8 Å². The first kappa shape index (κ1) is 12.6. The molecule has 0 spiro atoms. The predicted octanol–water partition coefficient (Wildman–Crippen LogP) is 2.64. The Morgan fingerprint density at radius 3 is 2.85 bits per heavy atom. The molecule has 1 aromatic carbocycles. The van der Waals surface area contributed by atoms with Crippen molar-refractivity contribution in [2.45, 2.75) is 0 Å². The van der Waals surface area contributed by atoms with Crippen LogP contribution in [0.25, 0.3) is 11.0 Å². The Morgan fingerprint density at radius 1 is 1.30 bits per heavy atom. The highest BCUT2D eigenvalue weighted by Gasteiger charge is 2.14. The van der Waals surface area contributed by atoms with Crippen LogP contribution in [-0.2, 0) is 4.74 Å². The third kappa shape index (κ3) is 2.10. The van der Waals surface area contributed by atoms with E-state index in [1.165, 1.54) is 18.4 Å². The van der Waals surface area contributed by atoms with Gasteiger partial charge in [0.15, 0.2) is 0 Å². The number of rotatable bonds is 3. The largest absolute Gasteiger partial charge is 0.463 e. The van der Waals surface area contributed by atoms with Gasteiger partial charge in [-0.2, -0.15) is 0 Å². The zero-order valence-electron chi connectivity index (χ0n) is 10.5. The number of benzene rings is 1. The molecule has 2 heterocycles. The summed E-state index contributed by atoms with van der Waals surface area (Å²) < 4.78 is 4.60. The molecule has 0 aliphatic rings. The molecule has 0 aliphatic heterocycles. The number of esters is 1. The van der Waals surface area contributed by atoms with Crippen molar-refractivity contribution in [1.29, 1.82) is 0 Å². The van der Waals surface area contributed by atoms with Crippen molar-refractivity contribution >= 4 is 34.1 Å². The van der Waals surface area contributed by atoms with E-state index in [1.807, 2.05) is 11.4 Å². The molecule has 0 atom stereocenters. The first-order chi connectivity index (χ1) is 9.69. The number of carbonyl (C=O) groups excluding carboxylic acids is 2. The summed E-state index contributed by atoms with van der Waals surface area (Å²) in [6.07, 6.45) is 0. The number of carbonyl (C=O) groups is 2. The number of aromatic nitrogens is 2. The molecule has 0 radical (unpaired) electrons. The molecule has 0 saturated carbocycles. The Morgan fingerprint density at radius 2 is 2.15 bits per heavy atom. The summed E-state index contributed by atoms with van der Waals surface area (Å²) in [5.41, 5.74) is 1.81. The monoisotopic (exact) mass is 286 g/mol. The zero-order valence-corrected chi connectivity index (χ0v) is 11.4. The summed E-state index contributed by atoms with van der Waals surface area (Å²) in [5.74, 6) is -0.452. The molecule has 3 aromatic rings. The van der Waals surface area contributed by atoms with Crippen molar-refractivity contribution in [2.75, 3.05) is 7.11 Å². The van der Waals surface area contributed by atoms with Gasteiger partial charge in [0.25, 0.3) is 0 Å². The van der Waals surface area contributed by atoms with Crippen molar-refractivity contribution in [3.63, 3.8) is 0 Å². The number of aromatic amines is 1. The fourth-order valence-corrected chi connectivity index (χ4v) is 2.58. The molecule has 5 nitrogen and oxygen atoms in total. The topological polar surface area (TPSA) is 72.0 Å². The predicted molar refractivity (Wildman–Crippen MR) is 75.2 cm³/mol. The highest BCUT2D eigenvalue weighted by molar-refractivity contribution is 7.12. The Hall–Kier alpha value is -2.47. The fraction of sp³-hybridized carbons (Fsp3) is 0.0714. The Bertz CT molecular complexity index is 790. The second kappa shape index (κ2) is 4.90. The molecule has 0 fully saturated rings. The smallest absolute Gasteiger partial charge is 0.374 e. The third-order valence-corrected chi connectivity index (χ3v) is 3.74. The first-order valence-corrected chi connectivity index (χ1v) is 6.73. The molecule has 3 rings (SSSR count). The Kier molecular flexibility index (Phi) is 3.08. The first-order valence-electron chi connectivity index (χ1n) is 5.85. The maximum Gasteiger partial charge on any atom is 0.374 e. The number of nitrogens with zero attached hydrogens (tertiary/aromatic N) is 1. The molecule has 0 bridgehead atoms. The number of thiophene rings is 1. The highest BCUT2D eigenvalue weighted by Crippen LogP contribution is 2.19. The van der Waals surface area contributed by atoms with Crippen molar-refractivity contribution in [1.82, 2.24) is 9.97 Å². The summed E-state index contributed by atoms with van der Waals surface area (Å²) >= 11 is 1.40. The number of ether oxygens (including phenoxy) is 1. The van der Waals surface area contributed by atoms with Crippen molar-refractivity contribution < 1.29 is 14.3 Å². The molecule has 6 heteroatoms. The van der Waals surface area contributed by atoms with Gasteiger partial charge in [-0.15, -0.1) is 11.3 Å². The SMILES string of the molecule is COC(=O)c1nc2ccc(C(=O)c3cccs3)cc2[nH]1. The molecular formula is C14H10N2O3S.